The number of ether oxygens (including phenoxy) is 1. The summed E-state index contributed by atoms with van der Waals surface area (Å²) in [6, 6.07) is 1.84. The molecule has 1 aromatic rings. The lowest BCUT2D eigenvalue weighted by molar-refractivity contribution is 0.0234. The number of methoxy groups -OCH3 is 1. The first kappa shape index (κ1) is 14.2. The zero-order valence-electron chi connectivity index (χ0n) is 11.7. The first-order valence-corrected chi connectivity index (χ1v) is 6.65. The van der Waals surface area contributed by atoms with E-state index in [4.69, 9.17) is 10.5 Å². The summed E-state index contributed by atoms with van der Waals surface area (Å²) in [5, 5.41) is 0. The van der Waals surface area contributed by atoms with E-state index in [9.17, 15) is 0 Å². The van der Waals surface area contributed by atoms with Crippen LogP contribution in [0.3, 0.4) is 0 Å². The molecule has 6 heteroatoms. The molecule has 0 radical (unpaired) electrons. The summed E-state index contributed by atoms with van der Waals surface area (Å²) in [5.74, 6) is 0.809. The second-order valence-electron chi connectivity index (χ2n) is 5.16. The van der Waals surface area contributed by atoms with E-state index in [1.54, 1.807) is 19.5 Å². The fourth-order valence-electron chi connectivity index (χ4n) is 2.49. The van der Waals surface area contributed by atoms with Crippen LogP contribution in [0.15, 0.2) is 18.5 Å². The fourth-order valence-corrected chi connectivity index (χ4v) is 2.49. The van der Waals surface area contributed by atoms with E-state index in [-0.39, 0.29) is 5.54 Å². The highest BCUT2D eigenvalue weighted by Gasteiger charge is 2.33. The van der Waals surface area contributed by atoms with Gasteiger partial charge in [0.05, 0.1) is 12.1 Å². The zero-order valence-corrected chi connectivity index (χ0v) is 11.7. The lowest BCUT2D eigenvalue weighted by Gasteiger charge is -2.45. The summed E-state index contributed by atoms with van der Waals surface area (Å²) in [7, 11) is 1.72. The molecule has 0 spiro atoms. The Morgan fingerprint density at radius 1 is 1.26 bits per heavy atom. The van der Waals surface area contributed by atoms with E-state index in [2.05, 4.69) is 26.7 Å². The average molecular weight is 265 g/mol. The van der Waals surface area contributed by atoms with Gasteiger partial charge in [0.25, 0.3) is 0 Å². The van der Waals surface area contributed by atoms with Crippen molar-refractivity contribution in [2.24, 2.45) is 5.73 Å². The van der Waals surface area contributed by atoms with Gasteiger partial charge in [0, 0.05) is 52.2 Å². The molecular formula is C13H23N5O. The Morgan fingerprint density at radius 3 is 2.42 bits per heavy atom. The number of piperazine rings is 1. The van der Waals surface area contributed by atoms with Gasteiger partial charge < -0.3 is 15.4 Å². The summed E-state index contributed by atoms with van der Waals surface area (Å²) in [6.07, 6.45) is 3.56. The van der Waals surface area contributed by atoms with E-state index in [0.29, 0.717) is 13.2 Å². The van der Waals surface area contributed by atoms with Gasteiger partial charge in [0.15, 0.2) is 0 Å². The molecule has 2 N–H and O–H groups in total. The monoisotopic (exact) mass is 265 g/mol. The third kappa shape index (κ3) is 3.20. The maximum Gasteiger partial charge on any atom is 0.225 e. The maximum absolute atomic E-state index is 5.91. The van der Waals surface area contributed by atoms with Crippen LogP contribution in [0.4, 0.5) is 5.95 Å². The van der Waals surface area contributed by atoms with Crippen molar-refractivity contribution >= 4 is 5.95 Å². The molecule has 0 amide bonds. The molecule has 2 heterocycles. The van der Waals surface area contributed by atoms with Crippen molar-refractivity contribution in [1.29, 1.82) is 0 Å². The molecule has 1 fully saturated rings. The molecule has 1 unspecified atom stereocenters. The molecule has 1 saturated heterocycles. The largest absolute Gasteiger partial charge is 0.383 e. The van der Waals surface area contributed by atoms with E-state index in [1.807, 2.05) is 6.07 Å². The molecule has 2 rings (SSSR count). The van der Waals surface area contributed by atoms with Crippen LogP contribution in [0, 0.1) is 0 Å². The van der Waals surface area contributed by atoms with Crippen LogP contribution in [0.1, 0.15) is 6.92 Å². The lowest BCUT2D eigenvalue weighted by atomic mass is 10.00. The number of nitrogens with two attached hydrogens (primary N) is 1. The van der Waals surface area contributed by atoms with Crippen molar-refractivity contribution in [1.82, 2.24) is 14.9 Å². The van der Waals surface area contributed by atoms with Gasteiger partial charge in [-0.25, -0.2) is 9.97 Å². The normalized spacial score (nSPS) is 20.3. The van der Waals surface area contributed by atoms with Crippen molar-refractivity contribution in [3.05, 3.63) is 18.5 Å². The van der Waals surface area contributed by atoms with E-state index >= 15 is 0 Å². The van der Waals surface area contributed by atoms with Gasteiger partial charge in [0.2, 0.25) is 5.95 Å². The fraction of sp³-hybridized carbons (Fsp3) is 0.692. The minimum Gasteiger partial charge on any atom is -0.383 e. The van der Waals surface area contributed by atoms with Crippen LogP contribution in [0.25, 0.3) is 0 Å². The van der Waals surface area contributed by atoms with Gasteiger partial charge in [-0.2, -0.15) is 0 Å². The van der Waals surface area contributed by atoms with Gasteiger partial charge in [-0.15, -0.1) is 0 Å². The SMILES string of the molecule is COCC(C)(CN)N1CCN(c2ncccn2)CC1. The van der Waals surface area contributed by atoms with Crippen LogP contribution in [0.5, 0.6) is 0 Å². The minimum absolute atomic E-state index is 0.0849. The summed E-state index contributed by atoms with van der Waals surface area (Å²) >= 11 is 0. The van der Waals surface area contributed by atoms with Crippen LogP contribution in [-0.2, 0) is 4.74 Å². The number of aromatic nitrogens is 2. The van der Waals surface area contributed by atoms with Crippen LogP contribution < -0.4 is 10.6 Å². The number of hydrogen-bond donors (Lipinski definition) is 1. The predicted octanol–water partition coefficient (Wildman–Crippen LogP) is -0.0376. The summed E-state index contributed by atoms with van der Waals surface area (Å²) in [4.78, 5) is 13.2. The number of anilines is 1. The highest BCUT2D eigenvalue weighted by molar-refractivity contribution is 5.29. The van der Waals surface area contributed by atoms with Crippen molar-refractivity contribution < 1.29 is 4.74 Å². The predicted molar refractivity (Wildman–Crippen MR) is 75.2 cm³/mol. The van der Waals surface area contributed by atoms with Crippen LogP contribution >= 0.6 is 0 Å². The molecule has 0 saturated carbocycles. The molecule has 1 atom stereocenters. The maximum atomic E-state index is 5.91. The van der Waals surface area contributed by atoms with Crippen LogP contribution in [-0.4, -0.2) is 66.8 Å². The van der Waals surface area contributed by atoms with Gasteiger partial charge in [-0.1, -0.05) is 0 Å². The smallest absolute Gasteiger partial charge is 0.225 e. The average Bonchev–Trinajstić information content (AvgIpc) is 2.48. The Morgan fingerprint density at radius 2 is 1.89 bits per heavy atom. The molecule has 0 aliphatic carbocycles. The summed E-state index contributed by atoms with van der Waals surface area (Å²) in [6.45, 7) is 7.16. The zero-order chi connectivity index (χ0) is 13.7. The van der Waals surface area contributed by atoms with E-state index in [1.165, 1.54) is 0 Å². The second kappa shape index (κ2) is 6.27. The molecule has 1 aliphatic heterocycles. The Hall–Kier alpha value is -1.24. The van der Waals surface area contributed by atoms with Gasteiger partial charge in [0.1, 0.15) is 0 Å². The summed E-state index contributed by atoms with van der Waals surface area (Å²) in [5.41, 5.74) is 5.82. The molecule has 106 valence electrons. The second-order valence-corrected chi connectivity index (χ2v) is 5.16. The van der Waals surface area contributed by atoms with Gasteiger partial charge in [-0.05, 0) is 13.0 Å². The lowest BCUT2D eigenvalue weighted by Crippen LogP contribution is -2.61. The topological polar surface area (TPSA) is 67.5 Å². The van der Waals surface area contributed by atoms with Crippen molar-refractivity contribution in [3.63, 3.8) is 0 Å². The molecule has 1 aromatic heterocycles. The minimum atomic E-state index is -0.0849. The van der Waals surface area contributed by atoms with Crippen molar-refractivity contribution in [2.75, 3.05) is 51.3 Å². The van der Waals surface area contributed by atoms with Crippen LogP contribution in [0.2, 0.25) is 0 Å². The van der Waals surface area contributed by atoms with Gasteiger partial charge >= 0.3 is 0 Å². The number of rotatable bonds is 5. The Kier molecular flexibility index (Phi) is 4.68. The van der Waals surface area contributed by atoms with Gasteiger partial charge in [-0.3, -0.25) is 4.90 Å². The number of nitrogens with zero attached hydrogens (tertiary/aromatic N) is 4. The molecule has 19 heavy (non-hydrogen) atoms. The Labute approximate surface area is 114 Å². The highest BCUT2D eigenvalue weighted by atomic mass is 16.5. The van der Waals surface area contributed by atoms with E-state index < -0.39 is 0 Å². The Bertz CT molecular complexity index is 380. The first-order chi connectivity index (χ1) is 9.19. The van der Waals surface area contributed by atoms with E-state index in [0.717, 1.165) is 32.1 Å². The standard InChI is InChI=1S/C13H23N5O/c1-13(10-14,11-19-2)18-8-6-17(7-9-18)12-15-4-3-5-16-12/h3-5H,6-11,14H2,1-2H3. The summed E-state index contributed by atoms with van der Waals surface area (Å²) < 4.78 is 5.30. The first-order valence-electron chi connectivity index (χ1n) is 6.65. The molecular weight excluding hydrogens is 242 g/mol. The van der Waals surface area contributed by atoms with Crippen molar-refractivity contribution in [3.8, 4) is 0 Å². The Balaban J connectivity index is 1.95. The van der Waals surface area contributed by atoms with Crippen molar-refractivity contribution in [2.45, 2.75) is 12.5 Å². The highest BCUT2D eigenvalue weighted by Crippen LogP contribution is 2.18. The third-order valence-corrected chi connectivity index (χ3v) is 3.77. The third-order valence-electron chi connectivity index (χ3n) is 3.77. The molecule has 6 nitrogen and oxygen atoms in total. The molecule has 0 bridgehead atoms. The quantitative estimate of drug-likeness (QED) is 0.806. The number of hydrogen-bond acceptors (Lipinski definition) is 6. The molecule has 1 aliphatic rings. The molecule has 0 aromatic carbocycles.